The molecular formula is C18H18N7OP. The van der Waals surface area contributed by atoms with Gasteiger partial charge in [-0.25, -0.2) is 0 Å². The van der Waals surface area contributed by atoms with E-state index in [1.807, 2.05) is 29.2 Å². The van der Waals surface area contributed by atoms with E-state index in [2.05, 4.69) is 35.5 Å². The van der Waals surface area contributed by atoms with Crippen molar-refractivity contribution in [3.05, 3.63) is 47.8 Å². The second-order valence-electron chi connectivity index (χ2n) is 6.40. The van der Waals surface area contributed by atoms with Crippen LogP contribution in [0.15, 0.2) is 36.7 Å². The van der Waals surface area contributed by atoms with Crippen molar-refractivity contribution in [1.29, 1.82) is 5.26 Å². The Kier molecular flexibility index (Phi) is 4.69. The number of hydrogen-bond acceptors (Lipinski definition) is 6. The molecule has 1 amide bonds. The fraction of sp³-hybridized carbons (Fsp3) is 0.278. The average Bonchev–Trinajstić information content (AvgIpc) is 3.17. The SMILES string of the molecule is N#Cc1cc(CC(=O)N2CCN(c3ccc4nncn4n3)CC2)ccc1P. The standard InChI is InChI=1S/C18H18N7OP/c19-11-14-9-13(1-2-15(14)27)10-18(26)24-7-5-23(6-8-24)17-4-3-16-21-20-12-25(16)22-17/h1-4,9,12H,5-8,10,27H2. The molecule has 2 aromatic heterocycles. The van der Waals surface area contributed by atoms with Gasteiger partial charge >= 0.3 is 0 Å². The molecule has 1 atom stereocenters. The number of carbonyl (C=O) groups excluding carboxylic acids is 1. The van der Waals surface area contributed by atoms with Crippen molar-refractivity contribution >= 4 is 31.9 Å². The van der Waals surface area contributed by atoms with Crippen LogP contribution in [0.25, 0.3) is 5.65 Å². The fourth-order valence-electron chi connectivity index (χ4n) is 3.17. The molecular weight excluding hydrogens is 361 g/mol. The number of nitrogens with zero attached hydrogens (tertiary/aromatic N) is 7. The van der Waals surface area contributed by atoms with Crippen LogP contribution in [0.5, 0.6) is 0 Å². The maximum absolute atomic E-state index is 12.6. The first-order valence-electron chi connectivity index (χ1n) is 8.62. The van der Waals surface area contributed by atoms with E-state index in [0.717, 1.165) is 29.8 Å². The van der Waals surface area contributed by atoms with Gasteiger partial charge in [0, 0.05) is 26.2 Å². The van der Waals surface area contributed by atoms with E-state index in [1.165, 1.54) is 0 Å². The van der Waals surface area contributed by atoms with E-state index >= 15 is 0 Å². The Labute approximate surface area is 158 Å². The number of amides is 1. The Hall–Kier alpha value is -3.04. The topological polar surface area (TPSA) is 90.4 Å². The average molecular weight is 379 g/mol. The number of fused-ring (bicyclic) bond motifs is 1. The highest BCUT2D eigenvalue weighted by molar-refractivity contribution is 7.27. The smallest absolute Gasteiger partial charge is 0.227 e. The van der Waals surface area contributed by atoms with Crippen molar-refractivity contribution in [3.8, 4) is 6.07 Å². The zero-order valence-corrected chi connectivity index (χ0v) is 15.8. The molecule has 8 nitrogen and oxygen atoms in total. The molecule has 0 saturated carbocycles. The fourth-order valence-corrected chi connectivity index (χ4v) is 3.41. The van der Waals surface area contributed by atoms with Crippen LogP contribution in [-0.4, -0.2) is 56.8 Å². The molecule has 27 heavy (non-hydrogen) atoms. The number of rotatable bonds is 3. The predicted molar refractivity (Wildman–Crippen MR) is 104 cm³/mol. The molecule has 0 radical (unpaired) electrons. The van der Waals surface area contributed by atoms with Crippen molar-refractivity contribution in [2.45, 2.75) is 6.42 Å². The lowest BCUT2D eigenvalue weighted by Crippen LogP contribution is -2.49. The van der Waals surface area contributed by atoms with Crippen LogP contribution in [0.2, 0.25) is 0 Å². The quantitative estimate of drug-likeness (QED) is 0.612. The molecule has 1 unspecified atom stereocenters. The number of nitriles is 1. The molecule has 136 valence electrons. The predicted octanol–water partition coefficient (Wildman–Crippen LogP) is 0.388. The second kappa shape index (κ2) is 7.29. The van der Waals surface area contributed by atoms with E-state index in [4.69, 9.17) is 5.26 Å². The van der Waals surface area contributed by atoms with E-state index in [1.54, 1.807) is 16.9 Å². The Morgan fingerprint density at radius 3 is 2.78 bits per heavy atom. The molecule has 1 aliphatic rings. The van der Waals surface area contributed by atoms with Crippen LogP contribution in [0.3, 0.4) is 0 Å². The lowest BCUT2D eigenvalue weighted by atomic mass is 10.1. The zero-order chi connectivity index (χ0) is 18.8. The van der Waals surface area contributed by atoms with Gasteiger partial charge < -0.3 is 9.80 Å². The van der Waals surface area contributed by atoms with Crippen molar-refractivity contribution in [2.75, 3.05) is 31.1 Å². The van der Waals surface area contributed by atoms with Gasteiger partial charge in [0.05, 0.1) is 18.1 Å². The summed E-state index contributed by atoms with van der Waals surface area (Å²) in [6, 6.07) is 11.5. The molecule has 4 rings (SSSR count). The van der Waals surface area contributed by atoms with Gasteiger partial charge in [-0.15, -0.1) is 24.5 Å². The minimum atomic E-state index is 0.0808. The maximum atomic E-state index is 12.6. The molecule has 1 fully saturated rings. The number of carbonyl (C=O) groups is 1. The van der Waals surface area contributed by atoms with Gasteiger partial charge in [0.1, 0.15) is 12.1 Å². The summed E-state index contributed by atoms with van der Waals surface area (Å²) in [4.78, 5) is 16.6. The molecule has 3 aromatic rings. The van der Waals surface area contributed by atoms with Gasteiger partial charge in [0.25, 0.3) is 0 Å². The Morgan fingerprint density at radius 1 is 1.19 bits per heavy atom. The van der Waals surface area contributed by atoms with E-state index < -0.39 is 0 Å². The van der Waals surface area contributed by atoms with Crippen molar-refractivity contribution in [3.63, 3.8) is 0 Å². The number of benzene rings is 1. The van der Waals surface area contributed by atoms with Crippen LogP contribution in [0.1, 0.15) is 11.1 Å². The van der Waals surface area contributed by atoms with Gasteiger partial charge in [-0.1, -0.05) is 12.1 Å². The summed E-state index contributed by atoms with van der Waals surface area (Å²) in [6.07, 6.45) is 1.89. The second-order valence-corrected chi connectivity index (χ2v) is 7.03. The number of aromatic nitrogens is 4. The van der Waals surface area contributed by atoms with Gasteiger partial charge in [-0.3, -0.25) is 4.79 Å². The largest absolute Gasteiger partial charge is 0.352 e. The molecule has 1 aliphatic heterocycles. The molecule has 0 N–H and O–H groups in total. The van der Waals surface area contributed by atoms with Crippen LogP contribution >= 0.6 is 9.24 Å². The van der Waals surface area contributed by atoms with Crippen LogP contribution < -0.4 is 10.2 Å². The normalized spacial score (nSPS) is 14.4. The van der Waals surface area contributed by atoms with Gasteiger partial charge in [-0.05, 0) is 29.1 Å². The summed E-state index contributed by atoms with van der Waals surface area (Å²) in [7, 11) is 2.54. The van der Waals surface area contributed by atoms with Gasteiger partial charge in [-0.2, -0.15) is 9.78 Å². The number of piperazine rings is 1. The Balaban J connectivity index is 1.38. The monoisotopic (exact) mass is 379 g/mol. The summed E-state index contributed by atoms with van der Waals surface area (Å²) in [5.41, 5.74) is 2.16. The van der Waals surface area contributed by atoms with Crippen LogP contribution in [0, 0.1) is 11.3 Å². The highest BCUT2D eigenvalue weighted by atomic mass is 31.0. The van der Waals surface area contributed by atoms with Crippen molar-refractivity contribution in [1.82, 2.24) is 24.7 Å². The first kappa shape index (κ1) is 17.4. The van der Waals surface area contributed by atoms with Crippen molar-refractivity contribution in [2.24, 2.45) is 0 Å². The van der Waals surface area contributed by atoms with E-state index in [-0.39, 0.29) is 5.91 Å². The van der Waals surface area contributed by atoms with E-state index in [9.17, 15) is 4.79 Å². The molecule has 3 heterocycles. The van der Waals surface area contributed by atoms with Crippen LogP contribution in [-0.2, 0) is 11.2 Å². The summed E-state index contributed by atoms with van der Waals surface area (Å²) in [5.74, 6) is 0.932. The third kappa shape index (κ3) is 3.60. The molecule has 0 spiro atoms. The Bertz CT molecular complexity index is 1030. The van der Waals surface area contributed by atoms with E-state index in [0.29, 0.717) is 30.7 Å². The van der Waals surface area contributed by atoms with Gasteiger partial charge in [0.2, 0.25) is 5.91 Å². The number of hydrogen-bond donors (Lipinski definition) is 0. The lowest BCUT2D eigenvalue weighted by Gasteiger charge is -2.35. The molecule has 9 heteroatoms. The van der Waals surface area contributed by atoms with Gasteiger partial charge in [0.15, 0.2) is 5.65 Å². The highest BCUT2D eigenvalue weighted by Gasteiger charge is 2.22. The third-order valence-corrected chi connectivity index (χ3v) is 5.20. The molecule has 1 saturated heterocycles. The minimum Gasteiger partial charge on any atom is -0.352 e. The summed E-state index contributed by atoms with van der Waals surface area (Å²) < 4.78 is 1.65. The molecule has 0 bridgehead atoms. The first-order chi connectivity index (χ1) is 13.1. The summed E-state index contributed by atoms with van der Waals surface area (Å²) in [5, 5.41) is 22.3. The minimum absolute atomic E-state index is 0.0808. The van der Waals surface area contributed by atoms with Crippen LogP contribution in [0.4, 0.5) is 5.82 Å². The molecule has 1 aromatic carbocycles. The van der Waals surface area contributed by atoms with Crippen molar-refractivity contribution < 1.29 is 4.79 Å². The lowest BCUT2D eigenvalue weighted by molar-refractivity contribution is -0.130. The Morgan fingerprint density at radius 2 is 2.00 bits per heavy atom. The highest BCUT2D eigenvalue weighted by Crippen LogP contribution is 2.15. The number of anilines is 1. The maximum Gasteiger partial charge on any atom is 0.227 e. The summed E-state index contributed by atoms with van der Waals surface area (Å²) in [6.45, 7) is 2.74. The first-order valence-corrected chi connectivity index (χ1v) is 9.20. The summed E-state index contributed by atoms with van der Waals surface area (Å²) >= 11 is 0. The molecule has 0 aliphatic carbocycles. The zero-order valence-electron chi connectivity index (χ0n) is 14.6. The third-order valence-electron chi connectivity index (χ3n) is 4.70.